The van der Waals surface area contributed by atoms with Crippen molar-refractivity contribution >= 4 is 11.8 Å². The predicted molar refractivity (Wildman–Crippen MR) is 77.5 cm³/mol. The molecule has 1 saturated heterocycles. The van der Waals surface area contributed by atoms with Crippen LogP contribution in [-0.2, 0) is 4.79 Å². The van der Waals surface area contributed by atoms with E-state index in [0.29, 0.717) is 11.8 Å². The van der Waals surface area contributed by atoms with Crippen LogP contribution < -0.4 is 5.32 Å². The SMILES string of the molecule is O=C1CCCC1C1CCCN1C(=O)NC1CCCCC1. The fourth-order valence-electron chi connectivity index (χ4n) is 4.22. The average molecular weight is 278 g/mol. The highest BCUT2D eigenvalue weighted by molar-refractivity contribution is 5.84. The highest BCUT2D eigenvalue weighted by atomic mass is 16.2. The summed E-state index contributed by atoms with van der Waals surface area (Å²) in [5, 5.41) is 3.20. The molecule has 0 bridgehead atoms. The molecule has 4 nitrogen and oxygen atoms in total. The van der Waals surface area contributed by atoms with Gasteiger partial charge in [0, 0.05) is 31.0 Å². The van der Waals surface area contributed by atoms with Gasteiger partial charge in [0.1, 0.15) is 5.78 Å². The molecule has 4 heteroatoms. The second kappa shape index (κ2) is 6.15. The number of ketones is 1. The first-order chi connectivity index (χ1) is 9.75. The van der Waals surface area contributed by atoms with Gasteiger partial charge in [0.2, 0.25) is 0 Å². The van der Waals surface area contributed by atoms with Crippen molar-refractivity contribution in [2.45, 2.75) is 76.3 Å². The van der Waals surface area contributed by atoms with Crippen molar-refractivity contribution in [3.8, 4) is 0 Å². The maximum Gasteiger partial charge on any atom is 0.317 e. The number of carbonyl (C=O) groups excluding carboxylic acids is 2. The molecule has 3 rings (SSSR count). The Hall–Kier alpha value is -1.06. The zero-order chi connectivity index (χ0) is 13.9. The van der Waals surface area contributed by atoms with Crippen molar-refractivity contribution in [1.29, 1.82) is 0 Å². The van der Waals surface area contributed by atoms with Crippen LogP contribution in [0.25, 0.3) is 0 Å². The molecule has 0 aromatic rings. The number of likely N-dealkylation sites (tertiary alicyclic amines) is 1. The van der Waals surface area contributed by atoms with Gasteiger partial charge in [-0.15, -0.1) is 0 Å². The number of carbonyl (C=O) groups is 2. The Morgan fingerprint density at radius 3 is 2.50 bits per heavy atom. The summed E-state index contributed by atoms with van der Waals surface area (Å²) in [7, 11) is 0. The second-order valence-electron chi connectivity index (χ2n) is 6.65. The number of hydrogen-bond donors (Lipinski definition) is 1. The van der Waals surface area contributed by atoms with Gasteiger partial charge >= 0.3 is 6.03 Å². The number of rotatable bonds is 2. The Morgan fingerprint density at radius 2 is 1.80 bits per heavy atom. The third-order valence-electron chi connectivity index (χ3n) is 5.31. The van der Waals surface area contributed by atoms with Crippen LogP contribution in [0.4, 0.5) is 4.79 Å². The highest BCUT2D eigenvalue weighted by Crippen LogP contribution is 2.33. The number of nitrogens with zero attached hydrogens (tertiary/aromatic N) is 1. The normalized spacial score (nSPS) is 31.8. The molecule has 2 atom stereocenters. The number of urea groups is 1. The van der Waals surface area contributed by atoms with Crippen LogP contribution in [-0.4, -0.2) is 35.3 Å². The van der Waals surface area contributed by atoms with Crippen molar-refractivity contribution < 1.29 is 9.59 Å². The largest absolute Gasteiger partial charge is 0.335 e. The van der Waals surface area contributed by atoms with Crippen LogP contribution in [0.1, 0.15) is 64.2 Å². The maximum absolute atomic E-state index is 12.5. The molecule has 20 heavy (non-hydrogen) atoms. The van der Waals surface area contributed by atoms with Gasteiger partial charge in [0.15, 0.2) is 0 Å². The summed E-state index contributed by atoms with van der Waals surface area (Å²) in [5.41, 5.74) is 0. The van der Waals surface area contributed by atoms with Crippen LogP contribution >= 0.6 is 0 Å². The van der Waals surface area contributed by atoms with Crippen molar-refractivity contribution in [2.24, 2.45) is 5.92 Å². The summed E-state index contributed by atoms with van der Waals surface area (Å²) in [6, 6.07) is 0.615. The molecule has 0 aromatic heterocycles. The molecule has 1 aliphatic heterocycles. The van der Waals surface area contributed by atoms with E-state index < -0.39 is 0 Å². The zero-order valence-corrected chi connectivity index (χ0v) is 12.3. The lowest BCUT2D eigenvalue weighted by Gasteiger charge is -2.31. The number of Topliss-reactive ketones (excluding diaryl/α,β-unsaturated/α-hetero) is 1. The van der Waals surface area contributed by atoms with E-state index in [0.717, 1.165) is 51.5 Å². The second-order valence-corrected chi connectivity index (χ2v) is 6.65. The van der Waals surface area contributed by atoms with Gasteiger partial charge in [-0.2, -0.15) is 0 Å². The third-order valence-corrected chi connectivity index (χ3v) is 5.31. The van der Waals surface area contributed by atoms with Gasteiger partial charge in [-0.05, 0) is 38.5 Å². The summed E-state index contributed by atoms with van der Waals surface area (Å²) in [5.74, 6) is 0.502. The van der Waals surface area contributed by atoms with Crippen molar-refractivity contribution in [3.63, 3.8) is 0 Å². The number of amides is 2. The van der Waals surface area contributed by atoms with Crippen molar-refractivity contribution in [2.75, 3.05) is 6.54 Å². The average Bonchev–Trinajstić information content (AvgIpc) is 3.07. The van der Waals surface area contributed by atoms with Crippen LogP contribution in [0.5, 0.6) is 0 Å². The van der Waals surface area contributed by atoms with Crippen LogP contribution in [0.3, 0.4) is 0 Å². The highest BCUT2D eigenvalue weighted by Gasteiger charge is 2.40. The minimum atomic E-state index is 0.0825. The van der Waals surface area contributed by atoms with Gasteiger partial charge in [0.25, 0.3) is 0 Å². The standard InChI is InChI=1S/C16H26N2O2/c19-15-10-4-8-13(15)14-9-5-11-18(14)16(20)17-12-6-2-1-3-7-12/h12-14H,1-11H2,(H,17,20). The first-order valence-corrected chi connectivity index (χ1v) is 8.35. The lowest BCUT2D eigenvalue weighted by molar-refractivity contribution is -0.121. The van der Waals surface area contributed by atoms with Crippen LogP contribution in [0.15, 0.2) is 0 Å². The molecular formula is C16H26N2O2. The van der Waals surface area contributed by atoms with Gasteiger partial charge in [0.05, 0.1) is 0 Å². The zero-order valence-electron chi connectivity index (χ0n) is 12.3. The topological polar surface area (TPSA) is 49.4 Å². The van der Waals surface area contributed by atoms with Crippen molar-refractivity contribution in [3.05, 3.63) is 0 Å². The Balaban J connectivity index is 1.59. The smallest absolute Gasteiger partial charge is 0.317 e. The summed E-state index contributed by atoms with van der Waals surface area (Å²) >= 11 is 0. The summed E-state index contributed by atoms with van der Waals surface area (Å²) in [6.07, 6.45) is 10.8. The summed E-state index contributed by atoms with van der Waals surface area (Å²) in [4.78, 5) is 26.4. The minimum absolute atomic E-state index is 0.0825. The molecule has 0 spiro atoms. The van der Waals surface area contributed by atoms with E-state index >= 15 is 0 Å². The van der Waals surface area contributed by atoms with E-state index in [1.807, 2.05) is 4.90 Å². The van der Waals surface area contributed by atoms with E-state index in [-0.39, 0.29) is 18.0 Å². The van der Waals surface area contributed by atoms with Crippen LogP contribution in [0.2, 0.25) is 0 Å². The fourth-order valence-corrected chi connectivity index (χ4v) is 4.22. The van der Waals surface area contributed by atoms with E-state index in [2.05, 4.69) is 5.32 Å². The van der Waals surface area contributed by atoms with Gasteiger partial charge in [-0.1, -0.05) is 19.3 Å². The lowest BCUT2D eigenvalue weighted by atomic mass is 9.94. The van der Waals surface area contributed by atoms with Gasteiger partial charge < -0.3 is 10.2 Å². The van der Waals surface area contributed by atoms with Gasteiger partial charge in [-0.25, -0.2) is 4.79 Å². The fraction of sp³-hybridized carbons (Fsp3) is 0.875. The van der Waals surface area contributed by atoms with E-state index in [4.69, 9.17) is 0 Å². The Labute approximate surface area is 121 Å². The molecule has 112 valence electrons. The monoisotopic (exact) mass is 278 g/mol. The molecule has 2 aliphatic carbocycles. The minimum Gasteiger partial charge on any atom is -0.335 e. The predicted octanol–water partition coefficient (Wildman–Crippen LogP) is 2.86. The first-order valence-electron chi connectivity index (χ1n) is 8.35. The summed E-state index contributed by atoms with van der Waals surface area (Å²) in [6.45, 7) is 0.826. The Kier molecular flexibility index (Phi) is 4.27. The molecule has 3 fully saturated rings. The molecule has 1 N–H and O–H groups in total. The number of nitrogens with one attached hydrogen (secondary N) is 1. The molecule has 1 heterocycles. The van der Waals surface area contributed by atoms with Crippen LogP contribution in [0, 0.1) is 5.92 Å². The molecule has 2 unspecified atom stereocenters. The number of hydrogen-bond acceptors (Lipinski definition) is 2. The van der Waals surface area contributed by atoms with Gasteiger partial charge in [-0.3, -0.25) is 4.79 Å². The first kappa shape index (κ1) is 13.9. The summed E-state index contributed by atoms with van der Waals surface area (Å²) < 4.78 is 0. The molecular weight excluding hydrogens is 252 g/mol. The third kappa shape index (κ3) is 2.84. The van der Waals surface area contributed by atoms with Crippen molar-refractivity contribution in [1.82, 2.24) is 10.2 Å². The van der Waals surface area contributed by atoms with E-state index in [1.165, 1.54) is 19.3 Å². The lowest BCUT2D eigenvalue weighted by Crippen LogP contribution is -2.49. The molecule has 3 aliphatic rings. The quantitative estimate of drug-likeness (QED) is 0.844. The molecule has 2 saturated carbocycles. The molecule has 0 aromatic carbocycles. The Bertz CT molecular complexity index is 377. The Morgan fingerprint density at radius 1 is 1.00 bits per heavy atom. The maximum atomic E-state index is 12.5. The van der Waals surface area contributed by atoms with E-state index in [1.54, 1.807) is 0 Å². The van der Waals surface area contributed by atoms with E-state index in [9.17, 15) is 9.59 Å². The molecule has 0 radical (unpaired) electrons. The molecule has 2 amide bonds.